The molecule has 0 radical (unpaired) electrons. The minimum atomic E-state index is -0.918. The first-order valence-electron chi connectivity index (χ1n) is 7.76. The van der Waals surface area contributed by atoms with Crippen LogP contribution in [0.2, 0.25) is 0 Å². The Labute approximate surface area is 146 Å². The quantitative estimate of drug-likeness (QED) is 0.514. The van der Waals surface area contributed by atoms with Crippen LogP contribution in [0.4, 0.5) is 10.5 Å². The van der Waals surface area contributed by atoms with E-state index < -0.39 is 17.7 Å². The number of ether oxygens (including phenoxy) is 3. The van der Waals surface area contributed by atoms with Crippen LogP contribution in [0.3, 0.4) is 0 Å². The van der Waals surface area contributed by atoms with Crippen molar-refractivity contribution in [3.63, 3.8) is 0 Å². The predicted molar refractivity (Wildman–Crippen MR) is 93.3 cm³/mol. The highest BCUT2D eigenvalue weighted by Gasteiger charge is 2.23. The molecule has 6 nitrogen and oxygen atoms in total. The number of rotatable bonds is 4. The summed E-state index contributed by atoms with van der Waals surface area (Å²) in [4.78, 5) is 24.2. The number of nitrogen functional groups attached to an aromatic ring is 1. The molecule has 0 amide bonds. The number of hydrogen-bond acceptors (Lipinski definition) is 6. The second-order valence-corrected chi connectivity index (χ2v) is 6.38. The van der Waals surface area contributed by atoms with E-state index in [4.69, 9.17) is 19.9 Å². The van der Waals surface area contributed by atoms with E-state index in [1.165, 1.54) is 18.2 Å². The second kappa shape index (κ2) is 7.70. The average Bonchev–Trinajstić information content (AvgIpc) is 2.54. The summed E-state index contributed by atoms with van der Waals surface area (Å²) < 4.78 is 15.5. The molecule has 0 unspecified atom stereocenters. The number of esters is 1. The minimum Gasteiger partial charge on any atom is -0.456 e. The fraction of sp³-hybridized carbons (Fsp3) is 0.263. The molecule has 0 saturated heterocycles. The van der Waals surface area contributed by atoms with E-state index in [2.05, 4.69) is 0 Å². The average molecular weight is 343 g/mol. The topological polar surface area (TPSA) is 87.9 Å². The Morgan fingerprint density at radius 3 is 2.36 bits per heavy atom. The van der Waals surface area contributed by atoms with Crippen LogP contribution in [-0.4, -0.2) is 17.7 Å². The van der Waals surface area contributed by atoms with Gasteiger partial charge in [0.2, 0.25) is 0 Å². The van der Waals surface area contributed by atoms with Crippen molar-refractivity contribution in [2.75, 3.05) is 5.73 Å². The lowest BCUT2D eigenvalue weighted by Gasteiger charge is -2.20. The highest BCUT2D eigenvalue weighted by molar-refractivity contribution is 5.94. The lowest BCUT2D eigenvalue weighted by atomic mass is 10.1. The molecule has 2 aromatic carbocycles. The first-order chi connectivity index (χ1) is 11.7. The smallest absolute Gasteiger partial charge is 0.456 e. The van der Waals surface area contributed by atoms with Gasteiger partial charge in [-0.05, 0) is 44.5 Å². The summed E-state index contributed by atoms with van der Waals surface area (Å²) in [5.41, 5.74) is 6.26. The summed E-state index contributed by atoms with van der Waals surface area (Å²) >= 11 is 0. The van der Waals surface area contributed by atoms with Crippen LogP contribution in [0, 0.1) is 0 Å². The maximum absolute atomic E-state index is 12.3. The molecule has 25 heavy (non-hydrogen) atoms. The number of nitrogens with two attached hydrogens (primary N) is 1. The number of carbonyl (C=O) groups is 2. The molecule has 0 heterocycles. The number of anilines is 1. The maximum Gasteiger partial charge on any atom is 0.514 e. The van der Waals surface area contributed by atoms with Crippen molar-refractivity contribution >= 4 is 17.8 Å². The van der Waals surface area contributed by atoms with Crippen LogP contribution >= 0.6 is 0 Å². The third kappa shape index (κ3) is 5.84. The van der Waals surface area contributed by atoms with Gasteiger partial charge in [-0.2, -0.15) is 0 Å². The van der Waals surface area contributed by atoms with E-state index in [1.807, 2.05) is 30.3 Å². The van der Waals surface area contributed by atoms with Gasteiger partial charge in [0, 0.05) is 5.69 Å². The SMILES string of the molecule is CC(C)(C)OC(=O)c1cc(N)ccc1OC(=O)OCc1ccccc1. The molecule has 0 atom stereocenters. The molecule has 0 saturated carbocycles. The van der Waals surface area contributed by atoms with E-state index in [-0.39, 0.29) is 17.9 Å². The second-order valence-electron chi connectivity index (χ2n) is 6.38. The molecular weight excluding hydrogens is 322 g/mol. The van der Waals surface area contributed by atoms with Crippen molar-refractivity contribution in [2.45, 2.75) is 33.0 Å². The first kappa shape index (κ1) is 18.3. The summed E-state index contributed by atoms with van der Waals surface area (Å²) in [5, 5.41) is 0. The highest BCUT2D eigenvalue weighted by Crippen LogP contribution is 2.25. The zero-order valence-electron chi connectivity index (χ0n) is 14.4. The lowest BCUT2D eigenvalue weighted by molar-refractivity contribution is 0.00662. The van der Waals surface area contributed by atoms with E-state index >= 15 is 0 Å². The molecule has 0 aliphatic rings. The van der Waals surface area contributed by atoms with Crippen LogP contribution in [-0.2, 0) is 16.1 Å². The molecule has 132 valence electrons. The molecule has 0 bridgehead atoms. The number of hydrogen-bond donors (Lipinski definition) is 1. The van der Waals surface area contributed by atoms with Crippen LogP contribution < -0.4 is 10.5 Å². The molecule has 6 heteroatoms. The van der Waals surface area contributed by atoms with Gasteiger partial charge < -0.3 is 19.9 Å². The predicted octanol–water partition coefficient (Wildman–Crippen LogP) is 3.94. The highest BCUT2D eigenvalue weighted by atomic mass is 16.7. The third-order valence-corrected chi connectivity index (χ3v) is 3.02. The Balaban J connectivity index is 2.08. The number of benzene rings is 2. The van der Waals surface area contributed by atoms with Crippen molar-refractivity contribution in [3.8, 4) is 5.75 Å². The van der Waals surface area contributed by atoms with Crippen molar-refractivity contribution in [1.82, 2.24) is 0 Å². The van der Waals surface area contributed by atoms with Gasteiger partial charge in [-0.15, -0.1) is 0 Å². The van der Waals surface area contributed by atoms with Gasteiger partial charge in [-0.25, -0.2) is 9.59 Å². The maximum atomic E-state index is 12.3. The number of carbonyl (C=O) groups excluding carboxylic acids is 2. The third-order valence-electron chi connectivity index (χ3n) is 3.02. The van der Waals surface area contributed by atoms with Gasteiger partial charge in [0.15, 0.2) is 0 Å². The molecular formula is C19H21NO5. The molecule has 2 rings (SSSR count). The summed E-state index contributed by atoms with van der Waals surface area (Å²) in [6.07, 6.45) is -0.918. The first-order valence-corrected chi connectivity index (χ1v) is 7.76. The molecule has 0 aliphatic carbocycles. The monoisotopic (exact) mass is 343 g/mol. The molecule has 2 aromatic rings. The Morgan fingerprint density at radius 2 is 1.72 bits per heavy atom. The van der Waals surface area contributed by atoms with Crippen LogP contribution in [0.1, 0.15) is 36.7 Å². The normalized spacial score (nSPS) is 10.8. The van der Waals surface area contributed by atoms with Gasteiger partial charge >= 0.3 is 12.1 Å². The lowest BCUT2D eigenvalue weighted by Crippen LogP contribution is -2.24. The van der Waals surface area contributed by atoms with Gasteiger partial charge in [0.25, 0.3) is 0 Å². The van der Waals surface area contributed by atoms with E-state index in [0.717, 1.165) is 5.56 Å². The summed E-state index contributed by atoms with van der Waals surface area (Å²) in [6, 6.07) is 13.5. The van der Waals surface area contributed by atoms with E-state index in [1.54, 1.807) is 20.8 Å². The van der Waals surface area contributed by atoms with E-state index in [9.17, 15) is 9.59 Å². The van der Waals surface area contributed by atoms with Crippen molar-refractivity contribution in [3.05, 3.63) is 59.7 Å². The molecule has 0 aromatic heterocycles. The Morgan fingerprint density at radius 1 is 1.04 bits per heavy atom. The zero-order chi connectivity index (χ0) is 18.4. The Hall–Kier alpha value is -3.02. The summed E-state index contributed by atoms with van der Waals surface area (Å²) in [6.45, 7) is 5.29. The zero-order valence-corrected chi connectivity index (χ0v) is 14.4. The van der Waals surface area contributed by atoms with Crippen molar-refractivity contribution in [2.24, 2.45) is 0 Å². The van der Waals surface area contributed by atoms with Gasteiger partial charge in [0.05, 0.1) is 0 Å². The van der Waals surface area contributed by atoms with Crippen LogP contribution in [0.25, 0.3) is 0 Å². The summed E-state index contributed by atoms with van der Waals surface area (Å²) in [5.74, 6) is -0.604. The Kier molecular flexibility index (Phi) is 5.64. The molecule has 0 aliphatic heterocycles. The summed E-state index contributed by atoms with van der Waals surface area (Å²) in [7, 11) is 0. The van der Waals surface area contributed by atoms with Crippen molar-refractivity contribution < 1.29 is 23.8 Å². The van der Waals surface area contributed by atoms with Crippen LogP contribution in [0.5, 0.6) is 5.75 Å². The van der Waals surface area contributed by atoms with Crippen molar-refractivity contribution in [1.29, 1.82) is 0 Å². The Bertz CT molecular complexity index is 750. The van der Waals surface area contributed by atoms with Gasteiger partial charge in [-0.1, -0.05) is 30.3 Å². The fourth-order valence-corrected chi connectivity index (χ4v) is 1.96. The molecule has 2 N–H and O–H groups in total. The van der Waals surface area contributed by atoms with Crippen LogP contribution in [0.15, 0.2) is 48.5 Å². The molecule has 0 fully saturated rings. The minimum absolute atomic E-state index is 0.0292. The standard InChI is InChI=1S/C19H21NO5/c1-19(2,3)25-17(21)15-11-14(20)9-10-16(15)24-18(22)23-12-13-7-5-4-6-8-13/h4-11H,12,20H2,1-3H3. The molecule has 0 spiro atoms. The fourth-order valence-electron chi connectivity index (χ4n) is 1.96. The van der Waals surface area contributed by atoms with Gasteiger partial charge in [0.1, 0.15) is 23.5 Å². The van der Waals surface area contributed by atoms with E-state index in [0.29, 0.717) is 5.69 Å². The van der Waals surface area contributed by atoms with Gasteiger partial charge in [-0.3, -0.25) is 0 Å². The largest absolute Gasteiger partial charge is 0.514 e.